The van der Waals surface area contributed by atoms with Gasteiger partial charge in [-0.1, -0.05) is 54.3 Å². The van der Waals surface area contributed by atoms with Crippen molar-refractivity contribution in [1.82, 2.24) is 4.90 Å². The van der Waals surface area contributed by atoms with E-state index in [-0.39, 0.29) is 5.91 Å². The number of carbonyl (C=O) groups excluding carboxylic acids is 1. The average Bonchev–Trinajstić information content (AvgIpc) is 2.99. The van der Waals surface area contributed by atoms with Crippen molar-refractivity contribution in [3.05, 3.63) is 76.7 Å². The zero-order valence-electron chi connectivity index (χ0n) is 17.2. The highest BCUT2D eigenvalue weighted by atomic mass is 32.2. The van der Waals surface area contributed by atoms with E-state index in [1.54, 1.807) is 11.0 Å². The van der Waals surface area contributed by atoms with Crippen molar-refractivity contribution in [2.24, 2.45) is 0 Å². The molecule has 0 radical (unpaired) electrons. The molecule has 0 unspecified atom stereocenters. The van der Waals surface area contributed by atoms with Gasteiger partial charge in [0, 0.05) is 18.5 Å². The fourth-order valence-corrected chi connectivity index (χ4v) is 4.16. The first kappa shape index (κ1) is 22.1. The van der Waals surface area contributed by atoms with Gasteiger partial charge in [-0.2, -0.15) is 0 Å². The lowest BCUT2D eigenvalue weighted by Gasteiger charge is -2.11. The van der Waals surface area contributed by atoms with E-state index in [2.05, 4.69) is 26.5 Å². The van der Waals surface area contributed by atoms with E-state index in [0.717, 1.165) is 23.5 Å². The van der Waals surface area contributed by atoms with Crippen molar-refractivity contribution in [2.75, 3.05) is 19.8 Å². The Hall–Kier alpha value is -2.57. The molecular formula is C24H25NO3S2. The molecule has 2 aromatic carbocycles. The van der Waals surface area contributed by atoms with Crippen molar-refractivity contribution in [3.63, 3.8) is 0 Å². The van der Waals surface area contributed by atoms with Crippen LogP contribution < -0.4 is 9.47 Å². The summed E-state index contributed by atoms with van der Waals surface area (Å²) in [7, 11) is 0. The van der Waals surface area contributed by atoms with Crippen LogP contribution in [0, 0.1) is 13.8 Å². The van der Waals surface area contributed by atoms with Crippen molar-refractivity contribution >= 4 is 40.3 Å². The lowest BCUT2D eigenvalue weighted by Crippen LogP contribution is -2.27. The van der Waals surface area contributed by atoms with E-state index in [1.165, 1.54) is 22.9 Å². The minimum absolute atomic E-state index is 0.0958. The monoisotopic (exact) mass is 439 g/mol. The van der Waals surface area contributed by atoms with E-state index in [9.17, 15) is 4.79 Å². The first-order valence-corrected chi connectivity index (χ1v) is 11.0. The van der Waals surface area contributed by atoms with Crippen molar-refractivity contribution in [3.8, 4) is 11.5 Å². The number of amides is 1. The molecule has 0 bridgehead atoms. The molecule has 156 valence electrons. The van der Waals surface area contributed by atoms with Crippen LogP contribution in [0.5, 0.6) is 11.5 Å². The molecule has 30 heavy (non-hydrogen) atoms. The number of carbonyl (C=O) groups is 1. The zero-order chi connectivity index (χ0) is 21.5. The van der Waals surface area contributed by atoms with Gasteiger partial charge in [-0.3, -0.25) is 9.69 Å². The molecule has 0 N–H and O–H groups in total. The summed E-state index contributed by atoms with van der Waals surface area (Å²) in [6.45, 7) is 9.35. The van der Waals surface area contributed by atoms with Gasteiger partial charge in [0.25, 0.3) is 5.91 Å². The number of benzene rings is 2. The Labute approximate surface area is 187 Å². The van der Waals surface area contributed by atoms with Gasteiger partial charge in [0.15, 0.2) is 0 Å². The van der Waals surface area contributed by atoms with Gasteiger partial charge in [0.1, 0.15) is 15.8 Å². The Morgan fingerprint density at radius 1 is 1.10 bits per heavy atom. The topological polar surface area (TPSA) is 38.8 Å². The molecule has 0 saturated carbocycles. The first-order chi connectivity index (χ1) is 14.5. The fraction of sp³-hybridized carbons (Fsp3) is 0.250. The van der Waals surface area contributed by atoms with E-state index in [4.69, 9.17) is 21.7 Å². The highest BCUT2D eigenvalue weighted by molar-refractivity contribution is 8.26. The summed E-state index contributed by atoms with van der Waals surface area (Å²) in [4.78, 5) is 14.7. The van der Waals surface area contributed by atoms with Crippen LogP contribution in [0.15, 0.2) is 60.0 Å². The maximum Gasteiger partial charge on any atom is 0.266 e. The largest absolute Gasteiger partial charge is 0.493 e. The predicted molar refractivity (Wildman–Crippen MR) is 128 cm³/mol. The van der Waals surface area contributed by atoms with Gasteiger partial charge in [-0.15, -0.1) is 6.58 Å². The Morgan fingerprint density at radius 2 is 1.87 bits per heavy atom. The number of hydrogen-bond acceptors (Lipinski definition) is 5. The summed E-state index contributed by atoms with van der Waals surface area (Å²) in [6.07, 6.45) is 4.26. The molecule has 0 aliphatic carbocycles. The summed E-state index contributed by atoms with van der Waals surface area (Å²) in [6, 6.07) is 13.8. The lowest BCUT2D eigenvalue weighted by atomic mass is 10.1. The van der Waals surface area contributed by atoms with Gasteiger partial charge >= 0.3 is 0 Å². The molecule has 4 nitrogen and oxygen atoms in total. The lowest BCUT2D eigenvalue weighted by molar-refractivity contribution is -0.121. The van der Waals surface area contributed by atoms with Crippen molar-refractivity contribution in [1.29, 1.82) is 0 Å². The standard InChI is InChI=1S/C24H25NO3S2/c1-4-12-25-23(26)22(30-24(25)29)16-19-8-5-6-9-21(19)28-14-7-13-27-20-11-10-17(2)18(3)15-20/h4-6,8-11,15-16H,1,7,12-14H2,2-3H3. The molecule has 6 heteroatoms. The molecule has 1 aliphatic heterocycles. The molecule has 0 atom stereocenters. The number of thiocarbonyl (C=S) groups is 1. The number of rotatable bonds is 9. The maximum atomic E-state index is 12.5. The van der Waals surface area contributed by atoms with E-state index in [0.29, 0.717) is 29.0 Å². The maximum absolute atomic E-state index is 12.5. The molecule has 1 amide bonds. The van der Waals surface area contributed by atoms with E-state index >= 15 is 0 Å². The number of hydrogen-bond donors (Lipinski definition) is 0. The van der Waals surface area contributed by atoms with Crippen LogP contribution in [-0.4, -0.2) is 34.9 Å². The zero-order valence-corrected chi connectivity index (χ0v) is 18.9. The van der Waals surface area contributed by atoms with Crippen molar-refractivity contribution in [2.45, 2.75) is 20.3 Å². The molecule has 0 spiro atoms. The van der Waals surface area contributed by atoms with Gasteiger partial charge in [0.2, 0.25) is 0 Å². The van der Waals surface area contributed by atoms with E-state index in [1.807, 2.05) is 42.5 Å². The van der Waals surface area contributed by atoms with Crippen LogP contribution in [0.2, 0.25) is 0 Å². The number of thioether (sulfide) groups is 1. The predicted octanol–water partition coefficient (Wildman–Crippen LogP) is 5.54. The van der Waals surface area contributed by atoms with Crippen LogP contribution in [0.25, 0.3) is 6.08 Å². The fourth-order valence-electron chi connectivity index (χ4n) is 2.89. The molecule has 1 aliphatic rings. The third kappa shape index (κ3) is 5.52. The highest BCUT2D eigenvalue weighted by Crippen LogP contribution is 2.34. The van der Waals surface area contributed by atoms with Gasteiger partial charge in [0.05, 0.1) is 18.1 Å². The molecule has 1 fully saturated rings. The number of ether oxygens (including phenoxy) is 2. The molecule has 2 aromatic rings. The van der Waals surface area contributed by atoms with Gasteiger partial charge < -0.3 is 9.47 Å². The third-order valence-electron chi connectivity index (χ3n) is 4.68. The number of nitrogens with zero attached hydrogens (tertiary/aromatic N) is 1. The number of aryl methyl sites for hydroxylation is 2. The second-order valence-corrected chi connectivity index (χ2v) is 8.59. The van der Waals surface area contributed by atoms with Crippen LogP contribution in [0.4, 0.5) is 0 Å². The Bertz CT molecular complexity index is 984. The summed E-state index contributed by atoms with van der Waals surface area (Å²) in [5, 5.41) is 0. The van der Waals surface area contributed by atoms with Crippen LogP contribution in [0.3, 0.4) is 0 Å². The van der Waals surface area contributed by atoms with Gasteiger partial charge in [-0.25, -0.2) is 0 Å². The third-order valence-corrected chi connectivity index (χ3v) is 6.06. The summed E-state index contributed by atoms with van der Waals surface area (Å²) >= 11 is 6.60. The number of para-hydroxylation sites is 1. The van der Waals surface area contributed by atoms with E-state index < -0.39 is 0 Å². The van der Waals surface area contributed by atoms with Crippen molar-refractivity contribution < 1.29 is 14.3 Å². The summed E-state index contributed by atoms with van der Waals surface area (Å²) < 4.78 is 12.3. The molecule has 0 aromatic heterocycles. The normalized spacial score (nSPS) is 15.0. The minimum atomic E-state index is -0.0958. The Morgan fingerprint density at radius 3 is 2.63 bits per heavy atom. The quantitative estimate of drug-likeness (QED) is 0.222. The van der Waals surface area contributed by atoms with Gasteiger partial charge in [-0.05, 0) is 49.2 Å². The second kappa shape index (κ2) is 10.5. The van der Waals surface area contributed by atoms with Crippen LogP contribution in [0.1, 0.15) is 23.1 Å². The average molecular weight is 440 g/mol. The second-order valence-electron chi connectivity index (χ2n) is 6.92. The molecule has 1 heterocycles. The summed E-state index contributed by atoms with van der Waals surface area (Å²) in [5.41, 5.74) is 3.33. The summed E-state index contributed by atoms with van der Waals surface area (Å²) in [5.74, 6) is 1.51. The minimum Gasteiger partial charge on any atom is -0.493 e. The van der Waals surface area contributed by atoms with Crippen LogP contribution in [-0.2, 0) is 4.79 Å². The molecule has 1 saturated heterocycles. The Balaban J connectivity index is 1.56. The smallest absolute Gasteiger partial charge is 0.266 e. The first-order valence-electron chi connectivity index (χ1n) is 9.77. The Kier molecular flexibility index (Phi) is 7.71. The molecular weight excluding hydrogens is 414 g/mol. The molecule has 3 rings (SSSR count). The van der Waals surface area contributed by atoms with Crippen LogP contribution >= 0.6 is 24.0 Å². The highest BCUT2D eigenvalue weighted by Gasteiger charge is 2.31. The SMILES string of the molecule is C=CCN1C(=O)C(=Cc2ccccc2OCCCOc2ccc(C)c(C)c2)SC1=S.